The summed E-state index contributed by atoms with van der Waals surface area (Å²) in [6.07, 6.45) is -1.96. The van der Waals surface area contributed by atoms with E-state index in [-0.39, 0.29) is 11.5 Å². The molecule has 1 aromatic rings. The Morgan fingerprint density at radius 2 is 2.00 bits per heavy atom. The van der Waals surface area contributed by atoms with Crippen molar-refractivity contribution in [2.45, 2.75) is 25.4 Å². The molecule has 21 heavy (non-hydrogen) atoms. The van der Waals surface area contributed by atoms with Crippen LogP contribution in [0, 0.1) is 5.82 Å². The predicted octanol–water partition coefficient (Wildman–Crippen LogP) is 2.61. The average molecular weight is 302 g/mol. The Morgan fingerprint density at radius 1 is 1.29 bits per heavy atom. The van der Waals surface area contributed by atoms with Gasteiger partial charge in [-0.1, -0.05) is 0 Å². The van der Waals surface area contributed by atoms with Crippen molar-refractivity contribution in [3.8, 4) is 0 Å². The lowest BCUT2D eigenvalue weighted by Gasteiger charge is -2.14. The summed E-state index contributed by atoms with van der Waals surface area (Å²) in [5.74, 6) is -2.40. The largest absolute Gasteiger partial charge is 0.433 e. The number of nitrogens with zero attached hydrogens (tertiary/aromatic N) is 1. The molecule has 0 bridgehead atoms. The van der Waals surface area contributed by atoms with Crippen molar-refractivity contribution >= 4 is 11.7 Å². The minimum Gasteiger partial charge on any atom is -0.325 e. The molecule has 0 saturated carbocycles. The molecule has 112 valence electrons. The number of nitrogens with one attached hydrogen (secondary N) is 1. The van der Waals surface area contributed by atoms with Crippen LogP contribution < -0.4 is 5.32 Å². The third-order valence-corrected chi connectivity index (χ3v) is 2.87. The van der Waals surface area contributed by atoms with Crippen molar-refractivity contribution in [2.75, 3.05) is 0 Å². The zero-order valence-electron chi connectivity index (χ0n) is 10.6. The van der Waals surface area contributed by atoms with Crippen molar-refractivity contribution in [2.24, 2.45) is 0 Å². The fourth-order valence-electron chi connectivity index (χ4n) is 1.87. The van der Waals surface area contributed by atoms with Gasteiger partial charge in [0, 0.05) is 18.2 Å². The number of carbonyl (C=O) groups is 2. The lowest BCUT2D eigenvalue weighted by atomic mass is 10.0. The van der Waals surface area contributed by atoms with Crippen LogP contribution in [0.1, 0.15) is 35.3 Å². The minimum atomic E-state index is -4.77. The van der Waals surface area contributed by atoms with Crippen LogP contribution in [0.2, 0.25) is 0 Å². The van der Waals surface area contributed by atoms with Gasteiger partial charge in [-0.2, -0.15) is 13.2 Å². The molecule has 0 radical (unpaired) electrons. The van der Waals surface area contributed by atoms with Gasteiger partial charge in [0.15, 0.2) is 11.6 Å². The molecule has 1 heterocycles. The van der Waals surface area contributed by atoms with Crippen LogP contribution in [0.25, 0.3) is 0 Å². The van der Waals surface area contributed by atoms with Crippen molar-refractivity contribution in [1.29, 1.82) is 0 Å². The molecule has 0 unspecified atom stereocenters. The lowest BCUT2D eigenvalue weighted by Crippen LogP contribution is -2.26. The Morgan fingerprint density at radius 3 is 2.62 bits per heavy atom. The number of rotatable bonds is 2. The van der Waals surface area contributed by atoms with E-state index in [4.69, 9.17) is 0 Å². The zero-order valence-corrected chi connectivity index (χ0v) is 10.6. The Kier molecular flexibility index (Phi) is 4.06. The van der Waals surface area contributed by atoms with E-state index < -0.39 is 29.2 Å². The topological polar surface area (TPSA) is 59.1 Å². The second-order valence-electron chi connectivity index (χ2n) is 4.49. The maximum absolute atomic E-state index is 13.5. The first kappa shape index (κ1) is 15.1. The van der Waals surface area contributed by atoms with Crippen molar-refractivity contribution in [3.63, 3.8) is 0 Å². The number of halogens is 4. The van der Waals surface area contributed by atoms with Gasteiger partial charge in [-0.3, -0.25) is 9.59 Å². The summed E-state index contributed by atoms with van der Waals surface area (Å²) in [4.78, 5) is 25.9. The maximum atomic E-state index is 13.5. The predicted molar refractivity (Wildman–Crippen MR) is 63.6 cm³/mol. The molecule has 1 amide bonds. The molecule has 8 heteroatoms. The summed E-state index contributed by atoms with van der Waals surface area (Å²) < 4.78 is 51.0. The molecule has 0 aliphatic heterocycles. The highest BCUT2D eigenvalue weighted by Crippen LogP contribution is 2.28. The van der Waals surface area contributed by atoms with E-state index in [0.717, 1.165) is 0 Å². The SMILES string of the molecule is O=C1C=C(NC(=O)c2cc(C(F)(F)F)ncc2F)CCC1. The van der Waals surface area contributed by atoms with Crippen LogP contribution in [-0.2, 0) is 11.0 Å². The van der Waals surface area contributed by atoms with Crippen LogP contribution >= 0.6 is 0 Å². The smallest absolute Gasteiger partial charge is 0.325 e. The lowest BCUT2D eigenvalue weighted by molar-refractivity contribution is -0.141. The molecular formula is C13H10F4N2O2. The van der Waals surface area contributed by atoms with E-state index in [2.05, 4.69) is 10.3 Å². The second-order valence-corrected chi connectivity index (χ2v) is 4.49. The molecule has 1 N–H and O–H groups in total. The highest BCUT2D eigenvalue weighted by atomic mass is 19.4. The first-order valence-electron chi connectivity index (χ1n) is 6.05. The molecule has 2 rings (SSSR count). The fraction of sp³-hybridized carbons (Fsp3) is 0.308. The number of amides is 1. The van der Waals surface area contributed by atoms with E-state index in [1.54, 1.807) is 0 Å². The third-order valence-electron chi connectivity index (χ3n) is 2.87. The van der Waals surface area contributed by atoms with Gasteiger partial charge in [-0.15, -0.1) is 0 Å². The van der Waals surface area contributed by atoms with Gasteiger partial charge < -0.3 is 5.32 Å². The Hall–Kier alpha value is -2.25. The summed E-state index contributed by atoms with van der Waals surface area (Å²) in [6.45, 7) is 0. The van der Waals surface area contributed by atoms with Crippen LogP contribution in [0.4, 0.5) is 17.6 Å². The Bertz CT molecular complexity index is 623. The summed E-state index contributed by atoms with van der Waals surface area (Å²) in [5.41, 5.74) is -1.86. The number of hydrogen-bond donors (Lipinski definition) is 1. The number of aromatic nitrogens is 1. The third kappa shape index (κ3) is 3.65. The van der Waals surface area contributed by atoms with E-state index in [1.165, 1.54) is 6.08 Å². The Labute approximate surface area is 116 Å². The summed E-state index contributed by atoms with van der Waals surface area (Å²) >= 11 is 0. The quantitative estimate of drug-likeness (QED) is 0.854. The molecule has 1 aromatic heterocycles. The highest BCUT2D eigenvalue weighted by molar-refractivity contribution is 5.97. The van der Waals surface area contributed by atoms with Gasteiger partial charge in [-0.05, 0) is 18.9 Å². The van der Waals surface area contributed by atoms with E-state index >= 15 is 0 Å². The molecule has 0 fully saturated rings. The molecule has 0 atom stereocenters. The number of alkyl halides is 3. The number of pyridine rings is 1. The molecule has 1 aliphatic carbocycles. The Balaban J connectivity index is 2.25. The monoisotopic (exact) mass is 302 g/mol. The van der Waals surface area contributed by atoms with E-state index in [9.17, 15) is 27.2 Å². The number of allylic oxidation sites excluding steroid dienone is 2. The van der Waals surface area contributed by atoms with Crippen molar-refractivity contribution in [1.82, 2.24) is 10.3 Å². The average Bonchev–Trinajstić information content (AvgIpc) is 2.37. The number of carbonyl (C=O) groups excluding carboxylic acids is 2. The normalized spacial score (nSPS) is 15.6. The highest BCUT2D eigenvalue weighted by Gasteiger charge is 2.34. The first-order chi connectivity index (χ1) is 9.77. The van der Waals surface area contributed by atoms with Gasteiger partial charge >= 0.3 is 6.18 Å². The van der Waals surface area contributed by atoms with Crippen LogP contribution in [-0.4, -0.2) is 16.7 Å². The van der Waals surface area contributed by atoms with Gasteiger partial charge in [0.25, 0.3) is 5.91 Å². The summed E-state index contributed by atoms with van der Waals surface area (Å²) in [6, 6.07) is 0.343. The minimum absolute atomic E-state index is 0.192. The maximum Gasteiger partial charge on any atom is 0.433 e. The summed E-state index contributed by atoms with van der Waals surface area (Å²) in [5, 5.41) is 2.25. The van der Waals surface area contributed by atoms with Crippen LogP contribution in [0.5, 0.6) is 0 Å². The van der Waals surface area contributed by atoms with Gasteiger partial charge in [-0.25, -0.2) is 9.37 Å². The second kappa shape index (κ2) is 5.63. The number of hydrogen-bond acceptors (Lipinski definition) is 3. The van der Waals surface area contributed by atoms with Crippen LogP contribution in [0.15, 0.2) is 24.0 Å². The molecular weight excluding hydrogens is 292 g/mol. The zero-order chi connectivity index (χ0) is 15.6. The molecule has 1 aliphatic rings. The van der Waals surface area contributed by atoms with Gasteiger partial charge in [0.05, 0.1) is 11.8 Å². The van der Waals surface area contributed by atoms with E-state index in [0.29, 0.717) is 31.5 Å². The van der Waals surface area contributed by atoms with Crippen molar-refractivity contribution in [3.05, 3.63) is 41.1 Å². The number of ketones is 1. The summed E-state index contributed by atoms with van der Waals surface area (Å²) in [7, 11) is 0. The van der Waals surface area contributed by atoms with E-state index in [1.807, 2.05) is 0 Å². The van der Waals surface area contributed by atoms with Gasteiger partial charge in [0.1, 0.15) is 5.69 Å². The standard InChI is InChI=1S/C13H10F4N2O2/c14-10-6-18-11(13(15,16)17)5-9(10)12(21)19-7-2-1-3-8(20)4-7/h4-6H,1-3H2,(H,19,21). The fourth-order valence-corrected chi connectivity index (χ4v) is 1.87. The molecule has 0 spiro atoms. The van der Waals surface area contributed by atoms with Crippen molar-refractivity contribution < 1.29 is 27.2 Å². The molecule has 4 nitrogen and oxygen atoms in total. The van der Waals surface area contributed by atoms with Gasteiger partial charge in [0.2, 0.25) is 0 Å². The molecule has 0 aromatic carbocycles. The molecule has 0 saturated heterocycles. The van der Waals surface area contributed by atoms with Crippen LogP contribution in [0.3, 0.4) is 0 Å². The first-order valence-corrected chi connectivity index (χ1v) is 6.05.